The fraction of sp³-hybridized carbons (Fsp3) is 0.588. The van der Waals surface area contributed by atoms with Crippen molar-refractivity contribution >= 4 is 11.6 Å². The average molecular weight is 288 g/mol. The van der Waals surface area contributed by atoms with Crippen molar-refractivity contribution in [2.75, 3.05) is 18.1 Å². The summed E-state index contributed by atoms with van der Waals surface area (Å²) in [4.78, 5) is 14.5. The molecule has 1 amide bonds. The van der Waals surface area contributed by atoms with Crippen LogP contribution in [0.5, 0.6) is 5.75 Å². The molecule has 4 nitrogen and oxygen atoms in total. The third kappa shape index (κ3) is 3.56. The minimum absolute atomic E-state index is 0.00210. The van der Waals surface area contributed by atoms with Crippen LogP contribution in [0.1, 0.15) is 39.0 Å². The number of hydrogen-bond donors (Lipinski definition) is 1. The largest absolute Gasteiger partial charge is 0.494 e. The molecule has 1 saturated carbocycles. The van der Waals surface area contributed by atoms with Crippen LogP contribution in [0.25, 0.3) is 0 Å². The summed E-state index contributed by atoms with van der Waals surface area (Å²) in [7, 11) is 0. The summed E-state index contributed by atoms with van der Waals surface area (Å²) in [5, 5.41) is 3.47. The third-order valence-electron chi connectivity index (χ3n) is 4.07. The van der Waals surface area contributed by atoms with E-state index in [-0.39, 0.29) is 11.9 Å². The predicted octanol–water partition coefficient (Wildman–Crippen LogP) is 2.72. The van der Waals surface area contributed by atoms with Gasteiger partial charge in [0.25, 0.3) is 0 Å². The van der Waals surface area contributed by atoms with Crippen molar-refractivity contribution in [3.8, 4) is 5.75 Å². The Bertz CT molecular complexity index is 482. The van der Waals surface area contributed by atoms with Gasteiger partial charge in [-0.25, -0.2) is 0 Å². The average Bonchev–Trinajstić information content (AvgIpc) is 3.32. The lowest BCUT2D eigenvalue weighted by atomic mass is 10.0. The zero-order chi connectivity index (χ0) is 14.7. The van der Waals surface area contributed by atoms with E-state index >= 15 is 0 Å². The highest BCUT2D eigenvalue weighted by Crippen LogP contribution is 2.26. The van der Waals surface area contributed by atoms with Crippen LogP contribution < -0.4 is 15.0 Å². The number of carbonyl (C=O) groups is 1. The topological polar surface area (TPSA) is 41.6 Å². The molecule has 0 radical (unpaired) electrons. The van der Waals surface area contributed by atoms with Crippen molar-refractivity contribution in [3.63, 3.8) is 0 Å². The van der Waals surface area contributed by atoms with Gasteiger partial charge in [-0.15, -0.1) is 0 Å². The fourth-order valence-corrected chi connectivity index (χ4v) is 2.76. The number of ether oxygens (including phenoxy) is 1. The number of amides is 1. The molecular formula is C17H24N2O2. The molecule has 1 N–H and O–H groups in total. The molecule has 1 aromatic carbocycles. The van der Waals surface area contributed by atoms with E-state index in [0.717, 1.165) is 43.9 Å². The quantitative estimate of drug-likeness (QED) is 0.875. The smallest absolute Gasteiger partial charge is 0.244 e. The zero-order valence-corrected chi connectivity index (χ0v) is 12.7. The molecule has 0 spiro atoms. The SMILES string of the molecule is CCCOc1ccc(N2CCCC(NC3CC3)C2=O)cc1. The lowest BCUT2D eigenvalue weighted by molar-refractivity contribution is -0.121. The summed E-state index contributed by atoms with van der Waals surface area (Å²) in [5.74, 6) is 1.09. The molecule has 114 valence electrons. The molecule has 4 heteroatoms. The molecule has 1 aromatic rings. The molecule has 1 aliphatic carbocycles. The first-order chi connectivity index (χ1) is 10.3. The zero-order valence-electron chi connectivity index (χ0n) is 12.7. The molecule has 2 fully saturated rings. The molecule has 3 rings (SSSR count). The maximum Gasteiger partial charge on any atom is 0.244 e. The van der Waals surface area contributed by atoms with Crippen molar-refractivity contribution in [2.45, 2.75) is 51.1 Å². The van der Waals surface area contributed by atoms with Crippen molar-refractivity contribution in [3.05, 3.63) is 24.3 Å². The molecule has 1 aliphatic heterocycles. The van der Waals surface area contributed by atoms with Gasteiger partial charge in [-0.1, -0.05) is 6.92 Å². The molecule has 2 aliphatic rings. The van der Waals surface area contributed by atoms with Gasteiger partial charge in [0.2, 0.25) is 5.91 Å². The van der Waals surface area contributed by atoms with Crippen LogP contribution >= 0.6 is 0 Å². The number of nitrogens with zero attached hydrogens (tertiary/aromatic N) is 1. The number of piperidine rings is 1. The lowest BCUT2D eigenvalue weighted by Gasteiger charge is -2.33. The number of nitrogens with one attached hydrogen (secondary N) is 1. The maximum absolute atomic E-state index is 12.6. The standard InChI is InChI=1S/C17H24N2O2/c1-2-12-21-15-9-7-14(8-10-15)19-11-3-4-16(17(19)20)18-13-5-6-13/h7-10,13,16,18H,2-6,11-12H2,1H3. The van der Waals surface area contributed by atoms with Crippen molar-refractivity contribution in [1.29, 1.82) is 0 Å². The molecule has 1 heterocycles. The highest BCUT2D eigenvalue weighted by molar-refractivity contribution is 5.98. The van der Waals surface area contributed by atoms with Gasteiger partial charge >= 0.3 is 0 Å². The van der Waals surface area contributed by atoms with Crippen molar-refractivity contribution < 1.29 is 9.53 Å². The summed E-state index contributed by atoms with van der Waals surface area (Å²) in [6.07, 6.45) is 5.45. The van der Waals surface area contributed by atoms with E-state index in [9.17, 15) is 4.79 Å². The van der Waals surface area contributed by atoms with Crippen LogP contribution in [-0.4, -0.2) is 31.1 Å². The molecular weight excluding hydrogens is 264 g/mol. The Morgan fingerprint density at radius 1 is 1.24 bits per heavy atom. The van der Waals surface area contributed by atoms with E-state index in [1.165, 1.54) is 12.8 Å². The van der Waals surface area contributed by atoms with E-state index in [4.69, 9.17) is 4.74 Å². The number of hydrogen-bond acceptors (Lipinski definition) is 3. The maximum atomic E-state index is 12.6. The van der Waals surface area contributed by atoms with E-state index in [0.29, 0.717) is 6.04 Å². The molecule has 0 aromatic heterocycles. The Morgan fingerprint density at radius 3 is 2.67 bits per heavy atom. The first-order valence-corrected chi connectivity index (χ1v) is 8.08. The highest BCUT2D eigenvalue weighted by Gasteiger charge is 2.33. The summed E-state index contributed by atoms with van der Waals surface area (Å²) in [6, 6.07) is 8.46. The van der Waals surface area contributed by atoms with Crippen LogP contribution in [0.2, 0.25) is 0 Å². The lowest BCUT2D eigenvalue weighted by Crippen LogP contribution is -2.51. The molecule has 1 atom stereocenters. The van der Waals surface area contributed by atoms with Gasteiger partial charge in [-0.3, -0.25) is 4.79 Å². The Morgan fingerprint density at radius 2 is 2.00 bits per heavy atom. The van der Waals surface area contributed by atoms with Crippen LogP contribution in [-0.2, 0) is 4.79 Å². The summed E-state index contributed by atoms with van der Waals surface area (Å²) in [5.41, 5.74) is 0.978. The second-order valence-electron chi connectivity index (χ2n) is 5.97. The Labute approximate surface area is 126 Å². The predicted molar refractivity (Wildman–Crippen MR) is 83.8 cm³/mol. The van der Waals surface area contributed by atoms with E-state index < -0.39 is 0 Å². The van der Waals surface area contributed by atoms with E-state index in [1.54, 1.807) is 0 Å². The molecule has 0 bridgehead atoms. The minimum atomic E-state index is 0.00210. The highest BCUT2D eigenvalue weighted by atomic mass is 16.5. The molecule has 1 saturated heterocycles. The molecule has 1 unspecified atom stereocenters. The number of anilines is 1. The van der Waals surface area contributed by atoms with E-state index in [1.807, 2.05) is 29.2 Å². The normalized spacial score (nSPS) is 22.4. The van der Waals surface area contributed by atoms with Crippen LogP contribution in [0.3, 0.4) is 0 Å². The van der Waals surface area contributed by atoms with Crippen LogP contribution in [0, 0.1) is 0 Å². The van der Waals surface area contributed by atoms with E-state index in [2.05, 4.69) is 12.2 Å². The molecule has 21 heavy (non-hydrogen) atoms. The third-order valence-corrected chi connectivity index (χ3v) is 4.07. The summed E-state index contributed by atoms with van der Waals surface area (Å²) in [6.45, 7) is 3.64. The fourth-order valence-electron chi connectivity index (χ4n) is 2.76. The Kier molecular flexibility index (Phi) is 4.44. The van der Waals surface area contributed by atoms with Gasteiger partial charge in [0, 0.05) is 18.3 Å². The van der Waals surface area contributed by atoms with Gasteiger partial charge in [0.1, 0.15) is 5.75 Å². The first kappa shape index (κ1) is 14.4. The van der Waals surface area contributed by atoms with Crippen LogP contribution in [0.4, 0.5) is 5.69 Å². The number of rotatable bonds is 6. The van der Waals surface area contributed by atoms with Crippen LogP contribution in [0.15, 0.2) is 24.3 Å². The van der Waals surface area contributed by atoms with Gasteiger partial charge < -0.3 is 15.0 Å². The van der Waals surface area contributed by atoms with Gasteiger partial charge in [-0.05, 0) is 56.4 Å². The van der Waals surface area contributed by atoms with Gasteiger partial charge in [0.05, 0.1) is 12.6 Å². The van der Waals surface area contributed by atoms with Crippen molar-refractivity contribution in [2.24, 2.45) is 0 Å². The van der Waals surface area contributed by atoms with Gasteiger partial charge in [0.15, 0.2) is 0 Å². The first-order valence-electron chi connectivity index (χ1n) is 8.08. The van der Waals surface area contributed by atoms with Crippen molar-refractivity contribution in [1.82, 2.24) is 5.32 Å². The number of carbonyl (C=O) groups excluding carboxylic acids is 1. The monoisotopic (exact) mass is 288 g/mol. The minimum Gasteiger partial charge on any atom is -0.494 e. The Balaban J connectivity index is 1.65. The second-order valence-corrected chi connectivity index (χ2v) is 5.97. The number of benzene rings is 1. The summed E-state index contributed by atoms with van der Waals surface area (Å²) < 4.78 is 5.59. The Hall–Kier alpha value is -1.55. The summed E-state index contributed by atoms with van der Waals surface area (Å²) >= 11 is 0. The second kappa shape index (κ2) is 6.48. The van der Waals surface area contributed by atoms with Gasteiger partial charge in [-0.2, -0.15) is 0 Å².